The Bertz CT molecular complexity index is 320. The van der Waals surface area contributed by atoms with E-state index in [9.17, 15) is 9.59 Å². The number of hydrogen-bond donors (Lipinski definition) is 3. The van der Waals surface area contributed by atoms with Gasteiger partial charge < -0.3 is 15.7 Å². The second-order valence-electron chi connectivity index (χ2n) is 5.77. The Morgan fingerprint density at radius 1 is 1.28 bits per heavy atom. The van der Waals surface area contributed by atoms with Crippen molar-refractivity contribution in [3.05, 3.63) is 0 Å². The Kier molecular flexibility index (Phi) is 4.73. The molecule has 1 aliphatic rings. The van der Waals surface area contributed by atoms with Gasteiger partial charge >= 0.3 is 5.97 Å². The van der Waals surface area contributed by atoms with E-state index in [2.05, 4.69) is 10.6 Å². The predicted molar refractivity (Wildman–Crippen MR) is 69.2 cm³/mol. The highest BCUT2D eigenvalue weighted by Crippen LogP contribution is 2.34. The first-order chi connectivity index (χ1) is 8.31. The molecule has 0 aromatic heterocycles. The molecule has 0 aromatic rings. The fourth-order valence-electron chi connectivity index (χ4n) is 2.46. The maximum Gasteiger partial charge on any atom is 0.326 e. The lowest BCUT2D eigenvalue weighted by Crippen LogP contribution is -2.53. The van der Waals surface area contributed by atoms with Gasteiger partial charge in [-0.3, -0.25) is 4.79 Å². The summed E-state index contributed by atoms with van der Waals surface area (Å²) in [4.78, 5) is 23.5. The van der Waals surface area contributed by atoms with Crippen molar-refractivity contribution >= 4 is 11.9 Å². The normalized spacial score (nSPS) is 25.4. The number of carbonyl (C=O) groups is 2. The van der Waals surface area contributed by atoms with E-state index in [1.54, 1.807) is 13.8 Å². The Labute approximate surface area is 108 Å². The number of aliphatic carboxylic acids is 1. The Morgan fingerprint density at radius 3 is 2.22 bits per heavy atom. The zero-order valence-electron chi connectivity index (χ0n) is 11.6. The molecule has 0 radical (unpaired) electrons. The zero-order chi connectivity index (χ0) is 13.9. The van der Waals surface area contributed by atoms with Gasteiger partial charge in [0, 0.05) is 6.54 Å². The predicted octanol–water partition coefficient (Wildman–Crippen LogP) is 0.847. The molecule has 1 heterocycles. The zero-order valence-corrected chi connectivity index (χ0v) is 11.6. The number of rotatable bonds is 5. The van der Waals surface area contributed by atoms with Crippen molar-refractivity contribution in [3.8, 4) is 0 Å². The fraction of sp³-hybridized carbons (Fsp3) is 0.846. The van der Waals surface area contributed by atoms with Crippen LogP contribution in [0.3, 0.4) is 0 Å². The molecule has 1 aliphatic heterocycles. The molecule has 1 amide bonds. The topological polar surface area (TPSA) is 78.4 Å². The smallest absolute Gasteiger partial charge is 0.326 e. The molecular formula is C13H24N2O3. The molecule has 0 spiro atoms. The summed E-state index contributed by atoms with van der Waals surface area (Å²) < 4.78 is 0. The van der Waals surface area contributed by atoms with Gasteiger partial charge in [-0.1, -0.05) is 27.7 Å². The summed E-state index contributed by atoms with van der Waals surface area (Å²) >= 11 is 0. The molecule has 5 nitrogen and oxygen atoms in total. The van der Waals surface area contributed by atoms with Crippen LogP contribution >= 0.6 is 0 Å². The summed E-state index contributed by atoms with van der Waals surface area (Å²) in [5, 5.41) is 15.0. The van der Waals surface area contributed by atoms with Gasteiger partial charge in [0.05, 0.1) is 5.41 Å². The first-order valence-corrected chi connectivity index (χ1v) is 6.55. The summed E-state index contributed by atoms with van der Waals surface area (Å²) in [6.07, 6.45) is 0.765. The lowest BCUT2D eigenvalue weighted by atomic mass is 9.75. The van der Waals surface area contributed by atoms with Crippen LogP contribution in [-0.4, -0.2) is 36.1 Å². The molecule has 0 aliphatic carbocycles. The van der Waals surface area contributed by atoms with Gasteiger partial charge in [-0.2, -0.15) is 0 Å². The van der Waals surface area contributed by atoms with Crippen LogP contribution in [0.15, 0.2) is 0 Å². The number of carboxylic acids is 1. The van der Waals surface area contributed by atoms with E-state index >= 15 is 0 Å². The van der Waals surface area contributed by atoms with Gasteiger partial charge in [-0.05, 0) is 24.8 Å². The Hall–Kier alpha value is -1.10. The second kappa shape index (κ2) is 5.69. The van der Waals surface area contributed by atoms with Crippen molar-refractivity contribution in [2.24, 2.45) is 17.3 Å². The van der Waals surface area contributed by atoms with Crippen LogP contribution in [-0.2, 0) is 9.59 Å². The molecule has 1 fully saturated rings. The summed E-state index contributed by atoms with van der Waals surface area (Å²) in [5.74, 6) is -1.04. The summed E-state index contributed by atoms with van der Waals surface area (Å²) in [7, 11) is 0. The molecule has 1 rings (SSSR count). The third kappa shape index (κ3) is 2.83. The SMILES string of the molecule is CC(C)C(NC(=O)C1(C(C)C)CCNC1)C(=O)O. The van der Waals surface area contributed by atoms with Crippen molar-refractivity contribution in [2.45, 2.75) is 40.2 Å². The maximum absolute atomic E-state index is 12.4. The molecule has 1 saturated heterocycles. The summed E-state index contributed by atoms with van der Waals surface area (Å²) in [6.45, 7) is 9.06. The van der Waals surface area contributed by atoms with E-state index in [4.69, 9.17) is 5.11 Å². The molecule has 3 N–H and O–H groups in total. The van der Waals surface area contributed by atoms with Crippen LogP contribution in [0.1, 0.15) is 34.1 Å². The van der Waals surface area contributed by atoms with Crippen molar-refractivity contribution < 1.29 is 14.7 Å². The highest BCUT2D eigenvalue weighted by atomic mass is 16.4. The molecule has 104 valence electrons. The molecule has 2 unspecified atom stereocenters. The van der Waals surface area contributed by atoms with Gasteiger partial charge in [0.25, 0.3) is 0 Å². The minimum absolute atomic E-state index is 0.120. The molecule has 0 saturated carbocycles. The fourth-order valence-corrected chi connectivity index (χ4v) is 2.46. The largest absolute Gasteiger partial charge is 0.480 e. The monoisotopic (exact) mass is 256 g/mol. The summed E-state index contributed by atoms with van der Waals surface area (Å²) in [5.41, 5.74) is -0.470. The van der Waals surface area contributed by atoms with Gasteiger partial charge in [-0.15, -0.1) is 0 Å². The third-order valence-electron chi connectivity index (χ3n) is 3.97. The van der Waals surface area contributed by atoms with Gasteiger partial charge in [0.2, 0.25) is 5.91 Å². The number of carboxylic acid groups (broad SMARTS) is 1. The van der Waals surface area contributed by atoms with E-state index in [1.165, 1.54) is 0 Å². The van der Waals surface area contributed by atoms with Crippen molar-refractivity contribution in [2.75, 3.05) is 13.1 Å². The van der Waals surface area contributed by atoms with Crippen LogP contribution in [0.5, 0.6) is 0 Å². The maximum atomic E-state index is 12.4. The minimum atomic E-state index is -0.969. The molecular weight excluding hydrogens is 232 g/mol. The Balaban J connectivity index is 2.82. The van der Waals surface area contributed by atoms with Crippen LogP contribution in [0.25, 0.3) is 0 Å². The van der Waals surface area contributed by atoms with E-state index in [0.29, 0.717) is 6.54 Å². The average Bonchev–Trinajstić information content (AvgIpc) is 2.74. The lowest BCUT2D eigenvalue weighted by molar-refractivity contribution is -0.145. The minimum Gasteiger partial charge on any atom is -0.480 e. The van der Waals surface area contributed by atoms with E-state index in [0.717, 1.165) is 13.0 Å². The van der Waals surface area contributed by atoms with Gasteiger partial charge in [0.1, 0.15) is 6.04 Å². The quantitative estimate of drug-likeness (QED) is 0.681. The van der Waals surface area contributed by atoms with Gasteiger partial charge in [-0.25, -0.2) is 4.79 Å². The van der Waals surface area contributed by atoms with E-state index in [1.807, 2.05) is 13.8 Å². The van der Waals surface area contributed by atoms with E-state index < -0.39 is 17.4 Å². The van der Waals surface area contributed by atoms with Crippen LogP contribution in [0, 0.1) is 17.3 Å². The van der Waals surface area contributed by atoms with Crippen LogP contribution < -0.4 is 10.6 Å². The second-order valence-corrected chi connectivity index (χ2v) is 5.77. The summed E-state index contributed by atoms with van der Waals surface area (Å²) in [6, 6.07) is -0.811. The Morgan fingerprint density at radius 2 is 1.89 bits per heavy atom. The molecule has 0 bridgehead atoms. The van der Waals surface area contributed by atoms with Crippen molar-refractivity contribution in [3.63, 3.8) is 0 Å². The first-order valence-electron chi connectivity index (χ1n) is 6.55. The molecule has 18 heavy (non-hydrogen) atoms. The van der Waals surface area contributed by atoms with E-state index in [-0.39, 0.29) is 17.7 Å². The number of amides is 1. The molecule has 5 heteroatoms. The van der Waals surface area contributed by atoms with Crippen LogP contribution in [0.4, 0.5) is 0 Å². The highest BCUT2D eigenvalue weighted by molar-refractivity contribution is 5.88. The average molecular weight is 256 g/mol. The molecule has 0 aromatic carbocycles. The number of hydrogen-bond acceptors (Lipinski definition) is 3. The van der Waals surface area contributed by atoms with Gasteiger partial charge in [0.15, 0.2) is 0 Å². The number of nitrogens with one attached hydrogen (secondary N) is 2. The van der Waals surface area contributed by atoms with Crippen LogP contribution in [0.2, 0.25) is 0 Å². The lowest BCUT2D eigenvalue weighted by Gasteiger charge is -2.33. The highest BCUT2D eigenvalue weighted by Gasteiger charge is 2.45. The number of carbonyl (C=O) groups excluding carboxylic acids is 1. The third-order valence-corrected chi connectivity index (χ3v) is 3.97. The van der Waals surface area contributed by atoms with Crippen molar-refractivity contribution in [1.82, 2.24) is 10.6 Å². The standard InChI is InChI=1S/C13H24N2O3/c1-8(2)10(11(16)17)15-12(18)13(9(3)4)5-6-14-7-13/h8-10,14H,5-7H2,1-4H3,(H,15,18)(H,16,17). The molecule has 2 atom stereocenters. The first kappa shape index (κ1) is 15.0. The van der Waals surface area contributed by atoms with Crippen molar-refractivity contribution in [1.29, 1.82) is 0 Å².